The Hall–Kier alpha value is -4.10. The molecule has 0 heterocycles. The summed E-state index contributed by atoms with van der Waals surface area (Å²) in [6, 6.07) is 43.8. The van der Waals surface area contributed by atoms with Gasteiger partial charge in [0.25, 0.3) is 0 Å². The zero-order valence-electron chi connectivity index (χ0n) is 23.5. The molecule has 0 aromatic heterocycles. The van der Waals surface area contributed by atoms with Gasteiger partial charge in [-0.3, -0.25) is 0 Å². The summed E-state index contributed by atoms with van der Waals surface area (Å²) in [5.74, 6) is 0. The summed E-state index contributed by atoms with van der Waals surface area (Å²) in [5.41, 5.74) is 13.1. The molecule has 1 heteroatoms. The van der Waals surface area contributed by atoms with Crippen LogP contribution in [-0.2, 0) is 10.8 Å². The number of nitrogens with one attached hydrogen (secondary N) is 1. The van der Waals surface area contributed by atoms with E-state index in [1.54, 1.807) is 0 Å². The normalized spacial score (nSPS) is 15.4. The summed E-state index contributed by atoms with van der Waals surface area (Å²) in [7, 11) is 0. The van der Waals surface area contributed by atoms with Crippen LogP contribution in [0.1, 0.15) is 51.7 Å². The predicted molar refractivity (Wildman–Crippen MR) is 168 cm³/mol. The number of rotatable bonds is 5. The van der Waals surface area contributed by atoms with E-state index in [1.165, 1.54) is 57.3 Å². The largest absolute Gasteiger partial charge is 0.355 e. The van der Waals surface area contributed by atoms with E-state index in [0.717, 1.165) is 11.4 Å². The van der Waals surface area contributed by atoms with Crippen molar-refractivity contribution in [3.8, 4) is 33.4 Å². The minimum Gasteiger partial charge on any atom is -0.355 e. The van der Waals surface area contributed by atoms with Crippen molar-refractivity contribution in [1.82, 2.24) is 0 Å². The molecule has 194 valence electrons. The van der Waals surface area contributed by atoms with E-state index in [0.29, 0.717) is 0 Å². The Bertz CT molecular complexity index is 1620. The van der Waals surface area contributed by atoms with Crippen molar-refractivity contribution in [2.45, 2.75) is 51.4 Å². The maximum atomic E-state index is 3.70. The van der Waals surface area contributed by atoms with Gasteiger partial charge in [-0.15, -0.1) is 0 Å². The van der Waals surface area contributed by atoms with Crippen molar-refractivity contribution < 1.29 is 0 Å². The van der Waals surface area contributed by atoms with Gasteiger partial charge in [0.1, 0.15) is 0 Å². The Morgan fingerprint density at radius 2 is 0.949 bits per heavy atom. The highest BCUT2D eigenvalue weighted by molar-refractivity contribution is 5.85. The Morgan fingerprint density at radius 3 is 1.62 bits per heavy atom. The van der Waals surface area contributed by atoms with E-state index in [9.17, 15) is 0 Å². The summed E-state index contributed by atoms with van der Waals surface area (Å²) >= 11 is 0. The summed E-state index contributed by atoms with van der Waals surface area (Å²) in [6.07, 6.45) is 2.43. The molecule has 1 nitrogen and oxygen atoms in total. The van der Waals surface area contributed by atoms with Gasteiger partial charge in [0.05, 0.1) is 0 Å². The lowest BCUT2D eigenvalue weighted by molar-refractivity contribution is 0.333. The maximum Gasteiger partial charge on any atom is 0.0390 e. The van der Waals surface area contributed by atoms with Crippen LogP contribution in [0, 0.1) is 0 Å². The summed E-state index contributed by atoms with van der Waals surface area (Å²) < 4.78 is 0. The summed E-state index contributed by atoms with van der Waals surface area (Å²) in [5, 5.41) is 3.70. The summed E-state index contributed by atoms with van der Waals surface area (Å²) in [6.45, 7) is 9.61. The Labute approximate surface area is 233 Å². The zero-order valence-corrected chi connectivity index (χ0v) is 23.5. The molecule has 0 unspecified atom stereocenters. The number of hydrogen-bond acceptors (Lipinski definition) is 1. The lowest BCUT2D eigenvalue weighted by atomic mass is 9.61. The van der Waals surface area contributed by atoms with Crippen LogP contribution in [0.3, 0.4) is 0 Å². The second-order valence-electron chi connectivity index (χ2n) is 12.2. The smallest absolute Gasteiger partial charge is 0.0390 e. The SMILES string of the molecule is CC1(C)CCC(C)(C)c2c(-c3cccc(Nc4cccc(-c5ccccc5-c5ccccc5)c4)c3)cccc21. The summed E-state index contributed by atoms with van der Waals surface area (Å²) in [4.78, 5) is 0. The molecule has 5 aromatic carbocycles. The zero-order chi connectivity index (χ0) is 27.0. The first-order chi connectivity index (χ1) is 18.8. The van der Waals surface area contributed by atoms with Gasteiger partial charge in [-0.25, -0.2) is 0 Å². The molecule has 0 amide bonds. The molecule has 0 spiro atoms. The van der Waals surface area contributed by atoms with E-state index < -0.39 is 0 Å². The molecule has 0 atom stereocenters. The Morgan fingerprint density at radius 1 is 0.462 bits per heavy atom. The fraction of sp³-hybridized carbons (Fsp3) is 0.211. The fourth-order valence-electron chi connectivity index (χ4n) is 6.27. The third-order valence-corrected chi connectivity index (χ3v) is 8.49. The first-order valence-corrected chi connectivity index (χ1v) is 14.1. The van der Waals surface area contributed by atoms with E-state index >= 15 is 0 Å². The fourth-order valence-corrected chi connectivity index (χ4v) is 6.27. The molecule has 1 aliphatic rings. The van der Waals surface area contributed by atoms with Crippen molar-refractivity contribution in [3.63, 3.8) is 0 Å². The monoisotopic (exact) mass is 507 g/mol. The highest BCUT2D eigenvalue weighted by Crippen LogP contribution is 2.49. The van der Waals surface area contributed by atoms with E-state index in [4.69, 9.17) is 0 Å². The second kappa shape index (κ2) is 9.89. The van der Waals surface area contributed by atoms with Gasteiger partial charge in [0.2, 0.25) is 0 Å². The second-order valence-corrected chi connectivity index (χ2v) is 12.2. The molecule has 39 heavy (non-hydrogen) atoms. The van der Waals surface area contributed by atoms with Gasteiger partial charge in [-0.05, 0) is 92.4 Å². The molecule has 1 N–H and O–H groups in total. The van der Waals surface area contributed by atoms with Crippen molar-refractivity contribution in [2.24, 2.45) is 0 Å². The minimum absolute atomic E-state index is 0.158. The molecule has 1 aliphatic carbocycles. The quantitative estimate of drug-likeness (QED) is 0.249. The van der Waals surface area contributed by atoms with Crippen molar-refractivity contribution in [3.05, 3.63) is 132 Å². The highest BCUT2D eigenvalue weighted by atomic mass is 14.9. The molecule has 5 aromatic rings. The van der Waals surface area contributed by atoms with Crippen LogP contribution in [-0.4, -0.2) is 0 Å². The lowest BCUT2D eigenvalue weighted by Gasteiger charge is -2.43. The number of anilines is 2. The predicted octanol–water partition coefficient (Wildman–Crippen LogP) is 10.8. The molecule has 0 saturated carbocycles. The first-order valence-electron chi connectivity index (χ1n) is 14.1. The topological polar surface area (TPSA) is 12.0 Å². The number of hydrogen-bond donors (Lipinski definition) is 1. The highest BCUT2D eigenvalue weighted by Gasteiger charge is 2.38. The third kappa shape index (κ3) is 4.90. The van der Waals surface area contributed by atoms with Gasteiger partial charge in [0, 0.05) is 11.4 Å². The van der Waals surface area contributed by atoms with Gasteiger partial charge in [-0.1, -0.05) is 125 Å². The van der Waals surface area contributed by atoms with Crippen molar-refractivity contribution in [1.29, 1.82) is 0 Å². The van der Waals surface area contributed by atoms with Crippen molar-refractivity contribution >= 4 is 11.4 Å². The van der Waals surface area contributed by atoms with Crippen LogP contribution in [0.2, 0.25) is 0 Å². The average Bonchev–Trinajstić information content (AvgIpc) is 2.96. The molecule has 0 saturated heterocycles. The van der Waals surface area contributed by atoms with Crippen LogP contribution >= 0.6 is 0 Å². The van der Waals surface area contributed by atoms with Crippen molar-refractivity contribution in [2.75, 3.05) is 5.32 Å². The molecule has 0 fully saturated rings. The van der Waals surface area contributed by atoms with Crippen LogP contribution in [0.5, 0.6) is 0 Å². The van der Waals surface area contributed by atoms with Gasteiger partial charge in [-0.2, -0.15) is 0 Å². The van der Waals surface area contributed by atoms with Gasteiger partial charge >= 0.3 is 0 Å². The lowest BCUT2D eigenvalue weighted by Crippen LogP contribution is -2.34. The number of benzene rings is 5. The van der Waals surface area contributed by atoms with E-state index in [-0.39, 0.29) is 10.8 Å². The molecule has 6 rings (SSSR count). The molecular weight excluding hydrogens is 470 g/mol. The average molecular weight is 508 g/mol. The molecule has 0 aliphatic heterocycles. The molecule has 0 bridgehead atoms. The molecule has 0 radical (unpaired) electrons. The van der Waals surface area contributed by atoms with E-state index in [1.807, 2.05) is 0 Å². The van der Waals surface area contributed by atoms with E-state index in [2.05, 4.69) is 154 Å². The third-order valence-electron chi connectivity index (χ3n) is 8.49. The minimum atomic E-state index is 0.158. The molecular formula is C38H37N. The van der Waals surface area contributed by atoms with Gasteiger partial charge < -0.3 is 5.32 Å². The van der Waals surface area contributed by atoms with Crippen LogP contribution < -0.4 is 5.32 Å². The van der Waals surface area contributed by atoms with Crippen LogP contribution in [0.15, 0.2) is 121 Å². The maximum absolute atomic E-state index is 3.70. The first kappa shape index (κ1) is 25.2. The van der Waals surface area contributed by atoms with Crippen LogP contribution in [0.25, 0.3) is 33.4 Å². The van der Waals surface area contributed by atoms with Crippen LogP contribution in [0.4, 0.5) is 11.4 Å². The Kier molecular flexibility index (Phi) is 6.39. The number of fused-ring (bicyclic) bond motifs is 1. The standard InChI is InChI=1S/C38H37N/c1-37(2)23-24-38(3,4)36-34(21-12-22-35(36)37)29-16-11-18-31(26-29)39-30-17-10-15-28(25-30)33-20-9-8-19-32(33)27-13-6-5-7-14-27/h5-22,25-26,39H,23-24H2,1-4H3. The van der Waals surface area contributed by atoms with Gasteiger partial charge in [0.15, 0.2) is 0 Å². The Balaban J connectivity index is 1.35.